The minimum absolute atomic E-state index is 0.0384. The van der Waals surface area contributed by atoms with Crippen LogP contribution in [-0.2, 0) is 0 Å². The number of thioether (sulfide) groups is 1. The van der Waals surface area contributed by atoms with Gasteiger partial charge in [0.25, 0.3) is 5.69 Å². The molecule has 0 aliphatic rings. The minimum atomic E-state index is -0.484. The van der Waals surface area contributed by atoms with Gasteiger partial charge in [-0.1, -0.05) is 17.7 Å². The summed E-state index contributed by atoms with van der Waals surface area (Å²) < 4.78 is 0. The fraction of sp³-hybridized carbons (Fsp3) is 0.143. The van der Waals surface area contributed by atoms with Gasteiger partial charge in [-0.05, 0) is 12.3 Å². The zero-order valence-electron chi connectivity index (χ0n) is 6.28. The molecule has 0 saturated heterocycles. The number of benzene rings is 1. The van der Waals surface area contributed by atoms with Crippen molar-refractivity contribution in [2.45, 2.75) is 4.90 Å². The van der Waals surface area contributed by atoms with Crippen molar-refractivity contribution in [3.8, 4) is 0 Å². The van der Waals surface area contributed by atoms with Crippen LogP contribution in [0.2, 0.25) is 5.02 Å². The third-order valence-corrected chi connectivity index (χ3v) is 2.65. The minimum Gasteiger partial charge on any atom is -0.258 e. The number of nitro groups is 1. The van der Waals surface area contributed by atoms with Crippen molar-refractivity contribution in [1.29, 1.82) is 0 Å². The van der Waals surface area contributed by atoms with Gasteiger partial charge in [0.2, 0.25) is 0 Å². The van der Waals surface area contributed by atoms with E-state index < -0.39 is 4.92 Å². The predicted octanol–water partition coefficient (Wildman–Crippen LogP) is 2.97. The Morgan fingerprint density at radius 3 is 2.75 bits per heavy atom. The van der Waals surface area contributed by atoms with Gasteiger partial charge in [-0.3, -0.25) is 10.1 Å². The molecule has 0 saturated carbocycles. The molecule has 1 rings (SSSR count). The topological polar surface area (TPSA) is 43.1 Å². The van der Waals surface area contributed by atoms with Crippen LogP contribution in [0.5, 0.6) is 0 Å². The molecule has 0 spiro atoms. The van der Waals surface area contributed by atoms with Crippen LogP contribution in [0.25, 0.3) is 0 Å². The molecule has 0 atom stereocenters. The molecule has 0 bridgehead atoms. The van der Waals surface area contributed by atoms with Gasteiger partial charge < -0.3 is 0 Å². The van der Waals surface area contributed by atoms with Gasteiger partial charge in [0.15, 0.2) is 0 Å². The Labute approximate surface area is 78.9 Å². The van der Waals surface area contributed by atoms with Crippen LogP contribution in [0, 0.1) is 10.1 Å². The first-order chi connectivity index (χ1) is 5.66. The van der Waals surface area contributed by atoms with Crippen molar-refractivity contribution in [2.75, 3.05) is 6.26 Å². The van der Waals surface area contributed by atoms with Gasteiger partial charge in [0, 0.05) is 11.0 Å². The summed E-state index contributed by atoms with van der Waals surface area (Å²) in [6.07, 6.45) is 1.82. The standard InChI is InChI=1S/C7H6ClNO2S/c1-12-6-4-2-3-5(7(6)8)9(10)11/h2-4H,1H3. The van der Waals surface area contributed by atoms with Crippen LogP contribution in [0.3, 0.4) is 0 Å². The quantitative estimate of drug-likeness (QED) is 0.422. The van der Waals surface area contributed by atoms with E-state index in [4.69, 9.17) is 11.6 Å². The Bertz CT molecular complexity index is 316. The fourth-order valence-corrected chi connectivity index (χ4v) is 1.72. The highest BCUT2D eigenvalue weighted by Gasteiger charge is 2.13. The maximum Gasteiger partial charge on any atom is 0.289 e. The number of rotatable bonds is 2. The monoisotopic (exact) mass is 203 g/mol. The molecule has 0 N–H and O–H groups in total. The first-order valence-corrected chi connectivity index (χ1v) is 4.74. The number of nitrogens with zero attached hydrogens (tertiary/aromatic N) is 1. The molecule has 1 aromatic rings. The van der Waals surface area contributed by atoms with Gasteiger partial charge in [0.05, 0.1) is 4.92 Å². The molecule has 3 nitrogen and oxygen atoms in total. The molecule has 1 aromatic carbocycles. The second-order valence-electron chi connectivity index (χ2n) is 2.05. The lowest BCUT2D eigenvalue weighted by Crippen LogP contribution is -1.89. The van der Waals surface area contributed by atoms with E-state index in [1.807, 2.05) is 6.26 Å². The summed E-state index contributed by atoms with van der Waals surface area (Å²) >= 11 is 7.13. The van der Waals surface area contributed by atoms with Crippen LogP contribution in [0.1, 0.15) is 0 Å². The average molecular weight is 204 g/mol. The Kier molecular flexibility index (Phi) is 2.94. The van der Waals surface area contributed by atoms with Crippen LogP contribution >= 0.6 is 23.4 Å². The molecule has 0 heterocycles. The largest absolute Gasteiger partial charge is 0.289 e. The van der Waals surface area contributed by atoms with Gasteiger partial charge in [-0.2, -0.15) is 0 Å². The van der Waals surface area contributed by atoms with E-state index in [1.54, 1.807) is 12.1 Å². The molecule has 64 valence electrons. The summed E-state index contributed by atoms with van der Waals surface area (Å²) in [7, 11) is 0. The molecule has 0 aliphatic carbocycles. The molecule has 12 heavy (non-hydrogen) atoms. The van der Waals surface area contributed by atoms with E-state index >= 15 is 0 Å². The maximum atomic E-state index is 10.4. The van der Waals surface area contributed by atoms with E-state index in [-0.39, 0.29) is 10.7 Å². The second-order valence-corrected chi connectivity index (χ2v) is 3.28. The molecule has 5 heteroatoms. The Morgan fingerprint density at radius 1 is 1.58 bits per heavy atom. The first-order valence-electron chi connectivity index (χ1n) is 3.13. The highest BCUT2D eigenvalue weighted by Crippen LogP contribution is 2.32. The Morgan fingerprint density at radius 2 is 2.25 bits per heavy atom. The van der Waals surface area contributed by atoms with E-state index in [0.29, 0.717) is 0 Å². The highest BCUT2D eigenvalue weighted by molar-refractivity contribution is 7.98. The van der Waals surface area contributed by atoms with E-state index in [1.165, 1.54) is 17.8 Å². The van der Waals surface area contributed by atoms with Crippen LogP contribution in [-0.4, -0.2) is 11.2 Å². The van der Waals surface area contributed by atoms with Crippen LogP contribution in [0.15, 0.2) is 23.1 Å². The smallest absolute Gasteiger partial charge is 0.258 e. The first kappa shape index (κ1) is 9.35. The third kappa shape index (κ3) is 1.70. The molecule has 0 unspecified atom stereocenters. The summed E-state index contributed by atoms with van der Waals surface area (Å²) in [5.41, 5.74) is -0.0384. The van der Waals surface area contributed by atoms with Crippen molar-refractivity contribution in [3.63, 3.8) is 0 Å². The third-order valence-electron chi connectivity index (χ3n) is 1.36. The predicted molar refractivity (Wildman–Crippen MR) is 49.9 cm³/mol. The SMILES string of the molecule is CSc1cccc([N+](=O)[O-])c1Cl. The van der Waals surface area contributed by atoms with Crippen molar-refractivity contribution in [3.05, 3.63) is 33.3 Å². The highest BCUT2D eigenvalue weighted by atomic mass is 35.5. The van der Waals surface area contributed by atoms with Gasteiger partial charge in [-0.15, -0.1) is 11.8 Å². The van der Waals surface area contributed by atoms with Crippen molar-refractivity contribution >= 4 is 29.1 Å². The van der Waals surface area contributed by atoms with E-state index in [2.05, 4.69) is 0 Å². The van der Waals surface area contributed by atoms with Gasteiger partial charge in [0.1, 0.15) is 5.02 Å². The molecule has 0 aliphatic heterocycles. The summed E-state index contributed by atoms with van der Waals surface area (Å²) in [5.74, 6) is 0. The van der Waals surface area contributed by atoms with Gasteiger partial charge >= 0.3 is 0 Å². The molecular weight excluding hydrogens is 198 g/mol. The second kappa shape index (κ2) is 3.78. The number of hydrogen-bond donors (Lipinski definition) is 0. The number of nitro benzene ring substituents is 1. The van der Waals surface area contributed by atoms with E-state index in [0.717, 1.165) is 4.90 Å². The zero-order chi connectivity index (χ0) is 9.14. The Hall–Kier alpha value is -0.740. The summed E-state index contributed by atoms with van der Waals surface area (Å²) in [6.45, 7) is 0. The summed E-state index contributed by atoms with van der Waals surface area (Å²) in [4.78, 5) is 10.6. The summed E-state index contributed by atoms with van der Waals surface area (Å²) in [5, 5.41) is 10.6. The summed E-state index contributed by atoms with van der Waals surface area (Å²) in [6, 6.07) is 4.76. The van der Waals surface area contributed by atoms with Crippen LogP contribution in [0.4, 0.5) is 5.69 Å². The maximum absolute atomic E-state index is 10.4. The van der Waals surface area contributed by atoms with Gasteiger partial charge in [-0.25, -0.2) is 0 Å². The normalized spacial score (nSPS) is 9.83. The molecular formula is C7H6ClNO2S. The lowest BCUT2D eigenvalue weighted by molar-refractivity contribution is -0.384. The zero-order valence-corrected chi connectivity index (χ0v) is 7.85. The van der Waals surface area contributed by atoms with E-state index in [9.17, 15) is 10.1 Å². The molecule has 0 fully saturated rings. The van der Waals surface area contributed by atoms with Crippen LogP contribution < -0.4 is 0 Å². The van der Waals surface area contributed by atoms with Crippen molar-refractivity contribution in [2.24, 2.45) is 0 Å². The van der Waals surface area contributed by atoms with Crippen molar-refractivity contribution in [1.82, 2.24) is 0 Å². The average Bonchev–Trinajstić information content (AvgIpc) is 2.04. The Balaban J connectivity index is 3.23. The van der Waals surface area contributed by atoms with Crippen molar-refractivity contribution < 1.29 is 4.92 Å². The molecule has 0 radical (unpaired) electrons. The lowest BCUT2D eigenvalue weighted by Gasteiger charge is -1.99. The lowest BCUT2D eigenvalue weighted by atomic mass is 10.3. The number of halogens is 1. The molecule has 0 amide bonds. The fourth-order valence-electron chi connectivity index (χ4n) is 0.798. The number of hydrogen-bond acceptors (Lipinski definition) is 3. The molecule has 0 aromatic heterocycles.